The number of H-pyrrole nitrogens is 1. The first-order chi connectivity index (χ1) is 12.8. The van der Waals surface area contributed by atoms with Gasteiger partial charge in [-0.15, -0.1) is 0 Å². The van der Waals surface area contributed by atoms with Crippen LogP contribution in [0.1, 0.15) is 39.3 Å². The Morgan fingerprint density at radius 3 is 2.63 bits per heavy atom. The van der Waals surface area contributed by atoms with Gasteiger partial charge in [0.1, 0.15) is 11.4 Å². The summed E-state index contributed by atoms with van der Waals surface area (Å²) in [6.07, 6.45) is 1.57. The second-order valence-electron chi connectivity index (χ2n) is 6.14. The molecule has 8 heteroatoms. The minimum atomic E-state index is -1.14. The molecule has 0 saturated heterocycles. The first kappa shape index (κ1) is 18.2. The highest BCUT2D eigenvalue weighted by atomic mass is 16.5. The van der Waals surface area contributed by atoms with Gasteiger partial charge in [-0.3, -0.25) is 9.59 Å². The van der Waals surface area contributed by atoms with Gasteiger partial charge in [-0.05, 0) is 42.7 Å². The number of methoxy groups -OCH3 is 1. The van der Waals surface area contributed by atoms with E-state index in [4.69, 9.17) is 9.84 Å². The number of amides is 1. The van der Waals surface area contributed by atoms with Crippen LogP contribution in [0.3, 0.4) is 0 Å². The Labute approximate surface area is 154 Å². The second-order valence-corrected chi connectivity index (χ2v) is 6.14. The average molecular weight is 370 g/mol. The standard InChI is InChI=1S/C19H18N2O6/c1-9-11(5-6-16(22)23)15(20-17(9)19(25)26)8-13-12-4-3-10(27-2)7-14(12)21-18(13)24/h3-4,7-8,20H,5-6H2,1-2H3,(H,21,24)(H,22,23)(H,25,26). The van der Waals surface area contributed by atoms with Gasteiger partial charge in [-0.25, -0.2) is 4.79 Å². The van der Waals surface area contributed by atoms with Crippen LogP contribution < -0.4 is 10.1 Å². The molecule has 3 rings (SSSR count). The van der Waals surface area contributed by atoms with E-state index in [1.165, 1.54) is 7.11 Å². The van der Waals surface area contributed by atoms with Crippen molar-refractivity contribution in [3.05, 3.63) is 46.3 Å². The third-order valence-electron chi connectivity index (χ3n) is 4.51. The number of ether oxygens (including phenoxy) is 1. The lowest BCUT2D eigenvalue weighted by atomic mass is 10.0. The summed E-state index contributed by atoms with van der Waals surface area (Å²) in [5.74, 6) is -1.86. The van der Waals surface area contributed by atoms with Crippen molar-refractivity contribution in [1.82, 2.24) is 4.98 Å². The number of anilines is 1. The van der Waals surface area contributed by atoms with Crippen molar-refractivity contribution in [3.63, 3.8) is 0 Å². The highest BCUT2D eigenvalue weighted by molar-refractivity contribution is 6.35. The molecule has 2 aromatic rings. The number of aromatic nitrogens is 1. The predicted octanol–water partition coefficient (Wildman–Crippen LogP) is 2.54. The lowest BCUT2D eigenvalue weighted by Crippen LogP contribution is -2.04. The van der Waals surface area contributed by atoms with Crippen LogP contribution in [0, 0.1) is 6.92 Å². The van der Waals surface area contributed by atoms with Crippen LogP contribution in [0.2, 0.25) is 0 Å². The number of carboxylic acid groups (broad SMARTS) is 2. The topological polar surface area (TPSA) is 129 Å². The lowest BCUT2D eigenvalue weighted by molar-refractivity contribution is -0.137. The minimum Gasteiger partial charge on any atom is -0.497 e. The summed E-state index contributed by atoms with van der Waals surface area (Å²) in [7, 11) is 1.53. The molecule has 4 N–H and O–H groups in total. The molecule has 8 nitrogen and oxygen atoms in total. The van der Waals surface area contributed by atoms with Crippen LogP contribution in [-0.2, 0) is 16.0 Å². The fraction of sp³-hybridized carbons (Fsp3) is 0.211. The fourth-order valence-corrected chi connectivity index (χ4v) is 3.14. The molecule has 27 heavy (non-hydrogen) atoms. The SMILES string of the molecule is COc1ccc2c(c1)NC(=O)C2=Cc1[nH]c(C(=O)O)c(C)c1CCC(=O)O. The largest absolute Gasteiger partial charge is 0.497 e. The number of carbonyl (C=O) groups excluding carboxylic acids is 1. The van der Waals surface area contributed by atoms with Gasteiger partial charge in [-0.2, -0.15) is 0 Å². The van der Waals surface area contributed by atoms with E-state index < -0.39 is 11.9 Å². The van der Waals surface area contributed by atoms with Crippen molar-refractivity contribution in [3.8, 4) is 5.75 Å². The summed E-state index contributed by atoms with van der Waals surface area (Å²) in [5, 5.41) is 21.1. The quantitative estimate of drug-likeness (QED) is 0.579. The molecule has 2 heterocycles. The molecule has 0 radical (unpaired) electrons. The van der Waals surface area contributed by atoms with Gasteiger partial charge < -0.3 is 25.3 Å². The molecule has 1 aromatic heterocycles. The zero-order chi connectivity index (χ0) is 19.7. The molecule has 0 unspecified atom stereocenters. The first-order valence-corrected chi connectivity index (χ1v) is 8.19. The summed E-state index contributed by atoms with van der Waals surface area (Å²) in [6.45, 7) is 1.62. The van der Waals surface area contributed by atoms with Crippen molar-refractivity contribution >= 4 is 35.2 Å². The van der Waals surface area contributed by atoms with E-state index >= 15 is 0 Å². The van der Waals surface area contributed by atoms with Crippen molar-refractivity contribution in [1.29, 1.82) is 0 Å². The molecular formula is C19H18N2O6. The minimum absolute atomic E-state index is 0.0180. The maximum Gasteiger partial charge on any atom is 0.352 e. The fourth-order valence-electron chi connectivity index (χ4n) is 3.14. The molecule has 1 amide bonds. The van der Waals surface area contributed by atoms with Gasteiger partial charge in [-0.1, -0.05) is 0 Å². The third kappa shape index (κ3) is 3.41. The number of carboxylic acids is 2. The summed E-state index contributed by atoms with van der Waals surface area (Å²) in [6, 6.07) is 5.16. The zero-order valence-corrected chi connectivity index (χ0v) is 14.8. The molecule has 1 aliphatic rings. The summed E-state index contributed by atoms with van der Waals surface area (Å²) in [5.41, 5.74) is 3.05. The van der Waals surface area contributed by atoms with E-state index in [9.17, 15) is 19.5 Å². The number of hydrogen-bond acceptors (Lipinski definition) is 4. The Kier molecular flexibility index (Phi) is 4.72. The van der Waals surface area contributed by atoms with E-state index in [1.54, 1.807) is 31.2 Å². The molecule has 0 spiro atoms. The molecule has 0 bridgehead atoms. The molecule has 0 fully saturated rings. The summed E-state index contributed by atoms with van der Waals surface area (Å²) in [4.78, 5) is 37.6. The molecular weight excluding hydrogens is 352 g/mol. The van der Waals surface area contributed by atoms with Crippen molar-refractivity contribution < 1.29 is 29.3 Å². The van der Waals surface area contributed by atoms with E-state index in [1.807, 2.05) is 0 Å². The number of rotatable bonds is 6. The zero-order valence-electron chi connectivity index (χ0n) is 14.8. The number of carbonyl (C=O) groups is 3. The van der Waals surface area contributed by atoms with Gasteiger partial charge in [0.15, 0.2) is 0 Å². The number of nitrogens with one attached hydrogen (secondary N) is 2. The lowest BCUT2D eigenvalue weighted by Gasteiger charge is -2.03. The first-order valence-electron chi connectivity index (χ1n) is 8.19. The van der Waals surface area contributed by atoms with E-state index in [2.05, 4.69) is 10.3 Å². The highest BCUT2D eigenvalue weighted by Gasteiger charge is 2.26. The Hall–Kier alpha value is -3.55. The average Bonchev–Trinajstić information content (AvgIpc) is 3.09. The predicted molar refractivity (Wildman–Crippen MR) is 97.9 cm³/mol. The van der Waals surface area contributed by atoms with E-state index in [0.29, 0.717) is 39.4 Å². The number of aliphatic carboxylic acids is 1. The van der Waals surface area contributed by atoms with Crippen molar-refractivity contribution in [2.24, 2.45) is 0 Å². The summed E-state index contributed by atoms with van der Waals surface area (Å²) < 4.78 is 5.15. The van der Waals surface area contributed by atoms with Crippen molar-refractivity contribution in [2.45, 2.75) is 19.8 Å². The smallest absolute Gasteiger partial charge is 0.352 e. The Morgan fingerprint density at radius 2 is 2.00 bits per heavy atom. The number of aromatic amines is 1. The molecule has 0 atom stereocenters. The van der Waals surface area contributed by atoms with Crippen LogP contribution in [-0.4, -0.2) is 40.2 Å². The Bertz CT molecular complexity index is 986. The molecule has 0 aliphatic carbocycles. The summed E-state index contributed by atoms with van der Waals surface area (Å²) >= 11 is 0. The van der Waals surface area contributed by atoms with Crippen LogP contribution in [0.25, 0.3) is 11.6 Å². The number of fused-ring (bicyclic) bond motifs is 1. The van der Waals surface area contributed by atoms with Gasteiger partial charge in [0.2, 0.25) is 0 Å². The van der Waals surface area contributed by atoms with Gasteiger partial charge in [0, 0.05) is 23.7 Å². The maximum atomic E-state index is 12.4. The van der Waals surface area contributed by atoms with Crippen LogP contribution in [0.15, 0.2) is 18.2 Å². The third-order valence-corrected chi connectivity index (χ3v) is 4.51. The van der Waals surface area contributed by atoms with Gasteiger partial charge in [0.05, 0.1) is 18.4 Å². The van der Waals surface area contributed by atoms with E-state index in [-0.39, 0.29) is 24.4 Å². The van der Waals surface area contributed by atoms with E-state index in [0.717, 1.165) is 0 Å². The monoisotopic (exact) mass is 370 g/mol. The Morgan fingerprint density at radius 1 is 1.26 bits per heavy atom. The van der Waals surface area contributed by atoms with Crippen LogP contribution >= 0.6 is 0 Å². The van der Waals surface area contributed by atoms with Crippen LogP contribution in [0.4, 0.5) is 5.69 Å². The molecule has 1 aliphatic heterocycles. The van der Waals surface area contributed by atoms with Gasteiger partial charge >= 0.3 is 11.9 Å². The number of benzene rings is 1. The maximum absolute atomic E-state index is 12.4. The van der Waals surface area contributed by atoms with Gasteiger partial charge in [0.25, 0.3) is 5.91 Å². The highest BCUT2D eigenvalue weighted by Crippen LogP contribution is 2.36. The number of hydrogen-bond donors (Lipinski definition) is 4. The number of aromatic carboxylic acids is 1. The Balaban J connectivity index is 2.09. The molecule has 1 aromatic carbocycles. The van der Waals surface area contributed by atoms with Crippen molar-refractivity contribution in [2.75, 3.05) is 12.4 Å². The second kappa shape index (κ2) is 6.99. The molecule has 140 valence electrons. The van der Waals surface area contributed by atoms with Crippen LogP contribution in [0.5, 0.6) is 5.75 Å². The molecule has 0 saturated carbocycles. The normalized spacial score (nSPS) is 14.1.